The zero-order valence-electron chi connectivity index (χ0n) is 17.8. The van der Waals surface area contributed by atoms with Crippen LogP contribution in [0.5, 0.6) is 0 Å². The van der Waals surface area contributed by atoms with Crippen molar-refractivity contribution >= 4 is 5.91 Å². The first kappa shape index (κ1) is 24.5. The number of nitrogens with zero attached hydrogens (tertiary/aromatic N) is 1. The van der Waals surface area contributed by atoms with Gasteiger partial charge in [-0.2, -0.15) is 0 Å². The second-order valence-electron chi connectivity index (χ2n) is 7.73. The Bertz CT molecular complexity index is 261. The third-order valence-corrected chi connectivity index (χ3v) is 5.16. The minimum absolute atomic E-state index is 0.415. The van der Waals surface area contributed by atoms with Crippen LogP contribution >= 0.6 is 0 Å². The molecule has 0 N–H and O–H groups in total. The SMILES string of the molecule is CCCCCCCCN(CCCCCCCC)C(=O)CCCCCC. The van der Waals surface area contributed by atoms with Gasteiger partial charge in [-0.1, -0.05) is 104 Å². The van der Waals surface area contributed by atoms with Crippen molar-refractivity contribution < 1.29 is 4.79 Å². The van der Waals surface area contributed by atoms with Gasteiger partial charge in [-0.3, -0.25) is 4.79 Å². The molecule has 0 aromatic rings. The van der Waals surface area contributed by atoms with Crippen LogP contribution in [0.2, 0.25) is 0 Å². The van der Waals surface area contributed by atoms with E-state index in [1.54, 1.807) is 0 Å². The predicted molar refractivity (Wildman–Crippen MR) is 112 cm³/mol. The van der Waals surface area contributed by atoms with Crippen LogP contribution in [0.4, 0.5) is 0 Å². The first-order chi connectivity index (χ1) is 12.3. The molecular weight excluding hydrogens is 306 g/mol. The molecule has 25 heavy (non-hydrogen) atoms. The first-order valence-electron chi connectivity index (χ1n) is 11.5. The lowest BCUT2D eigenvalue weighted by molar-refractivity contribution is -0.131. The van der Waals surface area contributed by atoms with E-state index in [0.717, 1.165) is 25.9 Å². The van der Waals surface area contributed by atoms with E-state index >= 15 is 0 Å². The van der Waals surface area contributed by atoms with E-state index in [0.29, 0.717) is 5.91 Å². The van der Waals surface area contributed by atoms with Crippen molar-refractivity contribution in [3.8, 4) is 0 Å². The van der Waals surface area contributed by atoms with E-state index in [-0.39, 0.29) is 0 Å². The zero-order valence-corrected chi connectivity index (χ0v) is 17.8. The number of carbonyl (C=O) groups excluding carboxylic acids is 1. The average molecular weight is 354 g/mol. The summed E-state index contributed by atoms with van der Waals surface area (Å²) in [7, 11) is 0. The Labute approximate surface area is 159 Å². The molecular formula is C23H47NO. The number of amides is 1. The van der Waals surface area contributed by atoms with Crippen LogP contribution in [0.1, 0.15) is 130 Å². The summed E-state index contributed by atoms with van der Waals surface area (Å²) in [6.45, 7) is 8.74. The summed E-state index contributed by atoms with van der Waals surface area (Å²) in [5.41, 5.74) is 0. The Morgan fingerprint density at radius 2 is 0.880 bits per heavy atom. The molecule has 0 aliphatic rings. The summed E-state index contributed by atoms with van der Waals surface area (Å²) in [6, 6.07) is 0. The molecule has 0 saturated heterocycles. The van der Waals surface area contributed by atoms with Gasteiger partial charge in [0.2, 0.25) is 5.91 Å². The molecule has 0 spiro atoms. The fourth-order valence-corrected chi connectivity index (χ4v) is 3.39. The Balaban J connectivity index is 4.00. The summed E-state index contributed by atoms with van der Waals surface area (Å²) < 4.78 is 0. The molecule has 0 rings (SSSR count). The third kappa shape index (κ3) is 16.7. The van der Waals surface area contributed by atoms with Gasteiger partial charge in [0, 0.05) is 19.5 Å². The topological polar surface area (TPSA) is 20.3 Å². The Kier molecular flexibility index (Phi) is 19.4. The van der Waals surface area contributed by atoms with E-state index in [1.165, 1.54) is 96.3 Å². The number of unbranched alkanes of at least 4 members (excludes halogenated alkanes) is 13. The smallest absolute Gasteiger partial charge is 0.222 e. The fourth-order valence-electron chi connectivity index (χ4n) is 3.39. The van der Waals surface area contributed by atoms with E-state index in [1.807, 2.05) is 0 Å². The van der Waals surface area contributed by atoms with Crippen molar-refractivity contribution in [2.24, 2.45) is 0 Å². The van der Waals surface area contributed by atoms with Crippen LogP contribution in [0.25, 0.3) is 0 Å². The molecule has 150 valence electrons. The van der Waals surface area contributed by atoms with Crippen molar-refractivity contribution in [1.29, 1.82) is 0 Å². The number of rotatable bonds is 19. The van der Waals surface area contributed by atoms with Crippen LogP contribution in [-0.4, -0.2) is 23.9 Å². The molecule has 0 bridgehead atoms. The largest absolute Gasteiger partial charge is 0.343 e. The van der Waals surface area contributed by atoms with Crippen LogP contribution in [0, 0.1) is 0 Å². The minimum atomic E-state index is 0.415. The highest BCUT2D eigenvalue weighted by molar-refractivity contribution is 5.76. The lowest BCUT2D eigenvalue weighted by atomic mass is 10.1. The van der Waals surface area contributed by atoms with Gasteiger partial charge in [0.25, 0.3) is 0 Å². The fraction of sp³-hybridized carbons (Fsp3) is 0.957. The molecule has 0 unspecified atom stereocenters. The van der Waals surface area contributed by atoms with Crippen LogP contribution < -0.4 is 0 Å². The summed E-state index contributed by atoms with van der Waals surface area (Å²) in [5.74, 6) is 0.415. The first-order valence-corrected chi connectivity index (χ1v) is 11.5. The molecule has 1 amide bonds. The van der Waals surface area contributed by atoms with Gasteiger partial charge in [-0.25, -0.2) is 0 Å². The molecule has 0 aliphatic carbocycles. The monoisotopic (exact) mass is 353 g/mol. The third-order valence-electron chi connectivity index (χ3n) is 5.16. The zero-order chi connectivity index (χ0) is 18.6. The maximum Gasteiger partial charge on any atom is 0.222 e. The maximum atomic E-state index is 12.6. The lowest BCUT2D eigenvalue weighted by Gasteiger charge is -2.23. The van der Waals surface area contributed by atoms with Crippen LogP contribution in [0.3, 0.4) is 0 Å². The van der Waals surface area contributed by atoms with E-state index in [4.69, 9.17) is 0 Å². The highest BCUT2D eigenvalue weighted by atomic mass is 16.2. The van der Waals surface area contributed by atoms with E-state index < -0.39 is 0 Å². The van der Waals surface area contributed by atoms with Crippen molar-refractivity contribution in [3.05, 3.63) is 0 Å². The minimum Gasteiger partial charge on any atom is -0.343 e. The molecule has 0 radical (unpaired) electrons. The number of hydrogen-bond acceptors (Lipinski definition) is 1. The second-order valence-corrected chi connectivity index (χ2v) is 7.73. The van der Waals surface area contributed by atoms with Crippen molar-refractivity contribution in [2.45, 2.75) is 130 Å². The molecule has 0 fully saturated rings. The van der Waals surface area contributed by atoms with Crippen LogP contribution in [-0.2, 0) is 4.79 Å². The normalized spacial score (nSPS) is 11.0. The van der Waals surface area contributed by atoms with Gasteiger partial charge < -0.3 is 4.90 Å². The van der Waals surface area contributed by atoms with Crippen molar-refractivity contribution in [1.82, 2.24) is 4.90 Å². The molecule has 0 aromatic heterocycles. The Hall–Kier alpha value is -0.530. The molecule has 0 atom stereocenters. The molecule has 0 aromatic carbocycles. The van der Waals surface area contributed by atoms with Gasteiger partial charge in [-0.15, -0.1) is 0 Å². The molecule has 2 heteroatoms. The maximum absolute atomic E-state index is 12.6. The number of hydrogen-bond donors (Lipinski definition) is 0. The Morgan fingerprint density at radius 1 is 0.520 bits per heavy atom. The quantitative estimate of drug-likeness (QED) is 0.220. The molecule has 0 aliphatic heterocycles. The predicted octanol–water partition coefficient (Wildman–Crippen LogP) is 7.51. The van der Waals surface area contributed by atoms with Gasteiger partial charge in [-0.05, 0) is 19.3 Å². The van der Waals surface area contributed by atoms with E-state index in [2.05, 4.69) is 25.7 Å². The lowest BCUT2D eigenvalue weighted by Crippen LogP contribution is -2.32. The summed E-state index contributed by atoms with van der Waals surface area (Å²) in [4.78, 5) is 14.8. The highest BCUT2D eigenvalue weighted by Gasteiger charge is 2.12. The van der Waals surface area contributed by atoms with Gasteiger partial charge in [0.1, 0.15) is 0 Å². The summed E-state index contributed by atoms with van der Waals surface area (Å²) >= 11 is 0. The van der Waals surface area contributed by atoms with Crippen LogP contribution in [0.15, 0.2) is 0 Å². The highest BCUT2D eigenvalue weighted by Crippen LogP contribution is 2.11. The Morgan fingerprint density at radius 3 is 1.32 bits per heavy atom. The average Bonchev–Trinajstić information content (AvgIpc) is 2.62. The van der Waals surface area contributed by atoms with Crippen molar-refractivity contribution in [2.75, 3.05) is 13.1 Å². The standard InChI is InChI=1S/C23H47NO/c1-4-7-10-13-15-18-21-24(22-19-16-14-11-8-5-2)23(25)20-17-12-9-6-3/h4-22H2,1-3H3. The molecule has 2 nitrogen and oxygen atoms in total. The van der Waals surface area contributed by atoms with Crippen molar-refractivity contribution in [3.63, 3.8) is 0 Å². The molecule has 0 saturated carbocycles. The van der Waals surface area contributed by atoms with Gasteiger partial charge in [0.05, 0.1) is 0 Å². The van der Waals surface area contributed by atoms with E-state index in [9.17, 15) is 4.79 Å². The summed E-state index contributed by atoms with van der Waals surface area (Å²) in [5, 5.41) is 0. The van der Waals surface area contributed by atoms with Gasteiger partial charge in [0.15, 0.2) is 0 Å². The van der Waals surface area contributed by atoms with Gasteiger partial charge >= 0.3 is 0 Å². The second kappa shape index (κ2) is 19.8. The number of carbonyl (C=O) groups is 1. The summed E-state index contributed by atoms with van der Waals surface area (Å²) in [6.07, 6.45) is 21.3. The molecule has 0 heterocycles.